The lowest BCUT2D eigenvalue weighted by Gasteiger charge is -2.21. The van der Waals surface area contributed by atoms with Crippen LogP contribution in [-0.4, -0.2) is 96.7 Å². The molecule has 17 nitrogen and oxygen atoms in total. The van der Waals surface area contributed by atoms with E-state index >= 15 is 0 Å². The minimum atomic E-state index is -4.96. The van der Waals surface area contributed by atoms with Crippen molar-refractivity contribution in [1.29, 1.82) is 0 Å². The van der Waals surface area contributed by atoms with Crippen LogP contribution >= 0.6 is 15.6 Å². The van der Waals surface area contributed by atoms with Crippen molar-refractivity contribution in [3.8, 4) is 0 Å². The van der Waals surface area contributed by atoms with Gasteiger partial charge in [0, 0.05) is 25.7 Å². The van der Waals surface area contributed by atoms with E-state index in [1.54, 1.807) is 0 Å². The number of carbonyl (C=O) groups is 4. The van der Waals surface area contributed by atoms with Crippen LogP contribution in [0.25, 0.3) is 0 Å². The number of phosphoric ester groups is 2. The SMILES string of the molecule is CCCCCCCCCCCCCCCC(=O)O[C@H](COC(=O)CCCCCCCCCC)COP(=O)(O)OC[C@H](O)COP(=O)(O)OC[C@@H](COC(=O)CCCCCCCCCCCCCCCCCC(C)C)OC(=O)CCCCCCCCCCCCCCCCCCC(C)C. The van der Waals surface area contributed by atoms with Crippen molar-refractivity contribution >= 4 is 39.5 Å². The van der Waals surface area contributed by atoms with Crippen LogP contribution in [0.4, 0.5) is 0 Å². The molecule has 98 heavy (non-hydrogen) atoms. The molecule has 0 aliphatic rings. The molecule has 0 spiro atoms. The van der Waals surface area contributed by atoms with Gasteiger partial charge in [-0.2, -0.15) is 0 Å². The van der Waals surface area contributed by atoms with E-state index in [1.165, 1.54) is 225 Å². The molecule has 0 rings (SSSR count). The predicted molar refractivity (Wildman–Crippen MR) is 400 cm³/mol. The summed E-state index contributed by atoms with van der Waals surface area (Å²) in [5.74, 6) is -0.497. The largest absolute Gasteiger partial charge is 0.472 e. The number of carbonyl (C=O) groups excluding carboxylic acids is 4. The van der Waals surface area contributed by atoms with Gasteiger partial charge in [-0.3, -0.25) is 37.3 Å². The Morgan fingerprint density at radius 3 is 0.694 bits per heavy atom. The number of hydrogen-bond acceptors (Lipinski definition) is 15. The van der Waals surface area contributed by atoms with E-state index in [4.69, 9.17) is 37.0 Å². The van der Waals surface area contributed by atoms with Crippen LogP contribution in [0.1, 0.15) is 414 Å². The van der Waals surface area contributed by atoms with E-state index in [-0.39, 0.29) is 25.7 Å². The molecule has 0 saturated heterocycles. The summed E-state index contributed by atoms with van der Waals surface area (Å²) in [5.41, 5.74) is 0. The highest BCUT2D eigenvalue weighted by Crippen LogP contribution is 2.45. The number of esters is 4. The molecule has 0 bridgehead atoms. The van der Waals surface area contributed by atoms with Gasteiger partial charge in [0.2, 0.25) is 0 Å². The highest BCUT2D eigenvalue weighted by molar-refractivity contribution is 7.47. The van der Waals surface area contributed by atoms with Crippen molar-refractivity contribution in [1.82, 2.24) is 0 Å². The van der Waals surface area contributed by atoms with Crippen LogP contribution in [0.2, 0.25) is 0 Å². The molecule has 0 heterocycles. The Bertz CT molecular complexity index is 1890. The van der Waals surface area contributed by atoms with Gasteiger partial charge >= 0.3 is 39.5 Å². The van der Waals surface area contributed by atoms with Gasteiger partial charge in [-0.05, 0) is 37.5 Å². The second-order valence-electron chi connectivity index (χ2n) is 29.4. The standard InChI is InChI=1S/C79H154O17P2/c1-7-9-11-13-15-17-18-26-34-39-45-51-57-63-78(83)95-74(67-89-76(81)61-55-49-43-16-14-12-10-8-2)69-93-97(85,86)91-65-73(80)66-92-98(87,88)94-70-75(68-90-77(82)62-56-50-44-38-33-29-25-21-23-28-32-37-42-48-54-60-72(5)6)96-79(84)64-58-52-46-40-35-30-24-20-19-22-27-31-36-41-47-53-59-71(3)4/h71-75,80H,7-70H2,1-6H3,(H,85,86)(H,87,88)/t73-,74+,75+/m0/s1. The lowest BCUT2D eigenvalue weighted by atomic mass is 10.0. The molecular weight excluding hydrogens is 1280 g/mol. The Morgan fingerprint density at radius 1 is 0.276 bits per heavy atom. The zero-order chi connectivity index (χ0) is 72.1. The fourth-order valence-corrected chi connectivity index (χ4v) is 13.8. The lowest BCUT2D eigenvalue weighted by Crippen LogP contribution is -2.30. The Balaban J connectivity index is 5.20. The summed E-state index contributed by atoms with van der Waals surface area (Å²) in [6, 6.07) is 0. The van der Waals surface area contributed by atoms with E-state index in [0.29, 0.717) is 25.7 Å². The van der Waals surface area contributed by atoms with E-state index in [2.05, 4.69) is 41.5 Å². The minimum absolute atomic E-state index is 0.108. The zero-order valence-electron chi connectivity index (χ0n) is 64.1. The summed E-state index contributed by atoms with van der Waals surface area (Å²) < 4.78 is 68.6. The van der Waals surface area contributed by atoms with Crippen LogP contribution in [0, 0.1) is 11.8 Å². The van der Waals surface area contributed by atoms with Gasteiger partial charge in [0.25, 0.3) is 0 Å². The fourth-order valence-electron chi connectivity index (χ4n) is 12.2. The molecule has 2 unspecified atom stereocenters. The molecule has 0 aliphatic heterocycles. The smallest absolute Gasteiger partial charge is 0.462 e. The quantitative estimate of drug-likeness (QED) is 0.0222. The van der Waals surface area contributed by atoms with E-state index < -0.39 is 97.5 Å². The number of aliphatic hydroxyl groups is 1. The molecule has 0 saturated carbocycles. The van der Waals surface area contributed by atoms with Crippen molar-refractivity contribution in [3.05, 3.63) is 0 Å². The molecule has 5 atom stereocenters. The summed E-state index contributed by atoms with van der Waals surface area (Å²) in [7, 11) is -9.91. The average molecular weight is 1440 g/mol. The van der Waals surface area contributed by atoms with Gasteiger partial charge in [-0.15, -0.1) is 0 Å². The topological polar surface area (TPSA) is 237 Å². The monoisotopic (exact) mass is 1440 g/mol. The summed E-state index contributed by atoms with van der Waals surface area (Å²) in [6.45, 7) is 9.66. The molecule has 0 fully saturated rings. The zero-order valence-corrected chi connectivity index (χ0v) is 65.9. The maximum absolute atomic E-state index is 13.1. The van der Waals surface area contributed by atoms with Gasteiger partial charge in [0.15, 0.2) is 12.2 Å². The Kier molecular flexibility index (Phi) is 69.3. The van der Waals surface area contributed by atoms with Gasteiger partial charge in [-0.1, -0.05) is 363 Å². The first-order valence-electron chi connectivity index (χ1n) is 41.0. The van der Waals surface area contributed by atoms with Gasteiger partial charge in [0.1, 0.15) is 19.3 Å². The number of hydrogen-bond donors (Lipinski definition) is 3. The lowest BCUT2D eigenvalue weighted by molar-refractivity contribution is -0.161. The number of ether oxygens (including phenoxy) is 4. The summed E-state index contributed by atoms with van der Waals surface area (Å²) in [6.07, 6.45) is 59.7. The number of unbranched alkanes of at least 4 members (excludes halogenated alkanes) is 48. The number of phosphoric acid groups is 2. The molecule has 0 radical (unpaired) electrons. The van der Waals surface area contributed by atoms with Crippen molar-refractivity contribution in [2.45, 2.75) is 432 Å². The highest BCUT2D eigenvalue weighted by atomic mass is 31.2. The van der Waals surface area contributed by atoms with Crippen LogP contribution in [0.15, 0.2) is 0 Å². The Hall–Kier alpha value is -1.94. The second-order valence-corrected chi connectivity index (χ2v) is 32.3. The molecule has 0 aliphatic carbocycles. The average Bonchev–Trinajstić information content (AvgIpc) is 1.08. The molecule has 582 valence electrons. The maximum Gasteiger partial charge on any atom is 0.472 e. The third kappa shape index (κ3) is 72.4. The van der Waals surface area contributed by atoms with Crippen LogP contribution in [-0.2, 0) is 65.4 Å². The molecule has 0 aromatic rings. The fraction of sp³-hybridized carbons (Fsp3) is 0.949. The molecule has 19 heteroatoms. The minimum Gasteiger partial charge on any atom is -0.462 e. The molecular formula is C79H154O17P2. The van der Waals surface area contributed by atoms with Crippen molar-refractivity contribution in [2.24, 2.45) is 11.8 Å². The van der Waals surface area contributed by atoms with Crippen LogP contribution in [0.5, 0.6) is 0 Å². The van der Waals surface area contributed by atoms with Gasteiger partial charge in [0.05, 0.1) is 26.4 Å². The summed E-state index contributed by atoms with van der Waals surface area (Å²) in [4.78, 5) is 72.8. The van der Waals surface area contributed by atoms with Crippen LogP contribution < -0.4 is 0 Å². The number of aliphatic hydroxyl groups excluding tert-OH is 1. The van der Waals surface area contributed by atoms with Gasteiger partial charge in [-0.25, -0.2) is 9.13 Å². The second kappa shape index (κ2) is 70.7. The summed E-state index contributed by atoms with van der Waals surface area (Å²) >= 11 is 0. The third-order valence-corrected chi connectivity index (χ3v) is 20.4. The molecule has 0 amide bonds. The van der Waals surface area contributed by atoms with Crippen molar-refractivity contribution in [3.63, 3.8) is 0 Å². The van der Waals surface area contributed by atoms with Crippen molar-refractivity contribution in [2.75, 3.05) is 39.6 Å². The normalized spacial score (nSPS) is 13.9. The third-order valence-electron chi connectivity index (χ3n) is 18.5. The maximum atomic E-state index is 13.1. The first-order valence-corrected chi connectivity index (χ1v) is 44.0. The number of rotatable bonds is 78. The predicted octanol–water partition coefficient (Wildman–Crippen LogP) is 23.5. The van der Waals surface area contributed by atoms with E-state index in [9.17, 15) is 43.2 Å². The molecule has 0 aromatic carbocycles. The van der Waals surface area contributed by atoms with Crippen molar-refractivity contribution < 1.29 is 80.2 Å². The highest BCUT2D eigenvalue weighted by Gasteiger charge is 2.30. The first kappa shape index (κ1) is 96.1. The molecule has 3 N–H and O–H groups in total. The first-order chi connectivity index (χ1) is 47.4. The Morgan fingerprint density at radius 2 is 0.469 bits per heavy atom. The molecule has 0 aromatic heterocycles. The summed E-state index contributed by atoms with van der Waals surface area (Å²) in [5, 5.41) is 10.6. The van der Waals surface area contributed by atoms with E-state index in [1.807, 2.05) is 0 Å². The van der Waals surface area contributed by atoms with E-state index in [0.717, 1.165) is 108 Å². The Labute approximate surface area is 600 Å². The van der Waals surface area contributed by atoms with Crippen LogP contribution in [0.3, 0.4) is 0 Å². The van der Waals surface area contributed by atoms with Gasteiger partial charge < -0.3 is 33.8 Å².